The van der Waals surface area contributed by atoms with Crippen LogP contribution in [0.2, 0.25) is 0 Å². The monoisotopic (exact) mass is 242 g/mol. The van der Waals surface area contributed by atoms with E-state index in [1.54, 1.807) is 6.92 Å². The summed E-state index contributed by atoms with van der Waals surface area (Å²) < 4.78 is 0. The van der Waals surface area contributed by atoms with Crippen LogP contribution in [0.1, 0.15) is 39.5 Å². The Hall–Kier alpha value is -1.10. The average Bonchev–Trinajstić information content (AvgIpc) is 2.80. The summed E-state index contributed by atoms with van der Waals surface area (Å²) in [7, 11) is 0. The quantitative estimate of drug-likeness (QED) is 0.724. The molecule has 1 aliphatic rings. The van der Waals surface area contributed by atoms with Crippen LogP contribution in [-0.2, 0) is 9.59 Å². The average molecular weight is 242 g/mol. The Morgan fingerprint density at radius 1 is 1.35 bits per heavy atom. The van der Waals surface area contributed by atoms with E-state index in [9.17, 15) is 9.59 Å². The molecule has 98 valence electrons. The first kappa shape index (κ1) is 14.0. The molecule has 0 radical (unpaired) electrons. The van der Waals surface area contributed by atoms with Gasteiger partial charge in [0.05, 0.1) is 6.04 Å². The lowest BCUT2D eigenvalue weighted by Gasteiger charge is -2.24. The maximum Gasteiger partial charge on any atom is 0.320 e. The predicted octanol–water partition coefficient (Wildman–Crippen LogP) is 0.840. The molecular weight excluding hydrogens is 220 g/mol. The Bertz CT molecular complexity index is 275. The van der Waals surface area contributed by atoms with Crippen LogP contribution in [0.15, 0.2) is 0 Å². The number of aliphatic carboxylic acids is 1. The van der Waals surface area contributed by atoms with Gasteiger partial charge < -0.3 is 10.0 Å². The molecule has 0 aromatic rings. The van der Waals surface area contributed by atoms with Gasteiger partial charge in [0, 0.05) is 13.1 Å². The summed E-state index contributed by atoms with van der Waals surface area (Å²) in [5, 5.41) is 11.9. The van der Waals surface area contributed by atoms with E-state index in [4.69, 9.17) is 5.11 Å². The third kappa shape index (κ3) is 4.00. The van der Waals surface area contributed by atoms with Crippen molar-refractivity contribution < 1.29 is 14.7 Å². The zero-order valence-electron chi connectivity index (χ0n) is 10.6. The van der Waals surface area contributed by atoms with Gasteiger partial charge >= 0.3 is 5.97 Å². The summed E-state index contributed by atoms with van der Waals surface area (Å²) in [6.07, 6.45) is 3.44. The van der Waals surface area contributed by atoms with E-state index in [-0.39, 0.29) is 5.91 Å². The lowest BCUT2D eigenvalue weighted by atomic mass is 10.1. The third-order valence-electron chi connectivity index (χ3n) is 3.11. The number of carbonyl (C=O) groups excluding carboxylic acids is 1. The zero-order chi connectivity index (χ0) is 12.8. The largest absolute Gasteiger partial charge is 0.480 e. The standard InChI is InChI=1S/C12H22N2O3/c1-3-6-10(12(16)17)13-9(2)11(15)14-7-4-5-8-14/h9-10,13H,3-8H2,1-2H3,(H,16,17). The first-order valence-corrected chi connectivity index (χ1v) is 6.34. The summed E-state index contributed by atoms with van der Waals surface area (Å²) in [6, 6.07) is -1.04. The molecule has 0 aliphatic carbocycles. The van der Waals surface area contributed by atoms with Gasteiger partial charge in [-0.05, 0) is 26.2 Å². The van der Waals surface area contributed by atoms with E-state index < -0.39 is 18.1 Å². The molecule has 1 heterocycles. The Labute approximate surface area is 102 Å². The van der Waals surface area contributed by atoms with Crippen molar-refractivity contribution in [1.82, 2.24) is 10.2 Å². The van der Waals surface area contributed by atoms with Gasteiger partial charge in [-0.25, -0.2) is 0 Å². The minimum atomic E-state index is -0.882. The fourth-order valence-electron chi connectivity index (χ4n) is 2.15. The fraction of sp³-hybridized carbons (Fsp3) is 0.833. The molecule has 5 nitrogen and oxygen atoms in total. The minimum Gasteiger partial charge on any atom is -0.480 e. The van der Waals surface area contributed by atoms with Crippen molar-refractivity contribution in [3.8, 4) is 0 Å². The molecular formula is C12H22N2O3. The second-order valence-electron chi connectivity index (χ2n) is 4.60. The number of amides is 1. The van der Waals surface area contributed by atoms with E-state index in [2.05, 4.69) is 5.32 Å². The third-order valence-corrected chi connectivity index (χ3v) is 3.11. The van der Waals surface area contributed by atoms with Gasteiger partial charge in [-0.15, -0.1) is 0 Å². The van der Waals surface area contributed by atoms with E-state index in [1.165, 1.54) is 0 Å². The molecule has 2 atom stereocenters. The van der Waals surface area contributed by atoms with Gasteiger partial charge in [0.15, 0.2) is 0 Å². The summed E-state index contributed by atoms with van der Waals surface area (Å²) in [5.41, 5.74) is 0. The molecule has 1 fully saturated rings. The highest BCUT2D eigenvalue weighted by atomic mass is 16.4. The maximum atomic E-state index is 12.0. The molecule has 17 heavy (non-hydrogen) atoms. The summed E-state index contributed by atoms with van der Waals surface area (Å²) in [5.74, 6) is -0.863. The van der Waals surface area contributed by atoms with Crippen LogP contribution >= 0.6 is 0 Å². The molecule has 2 unspecified atom stereocenters. The van der Waals surface area contributed by atoms with Crippen molar-refractivity contribution in [2.24, 2.45) is 0 Å². The Morgan fingerprint density at radius 2 is 1.94 bits per heavy atom. The van der Waals surface area contributed by atoms with Crippen molar-refractivity contribution >= 4 is 11.9 Å². The smallest absolute Gasteiger partial charge is 0.320 e. The first-order valence-electron chi connectivity index (χ1n) is 6.34. The van der Waals surface area contributed by atoms with Crippen molar-refractivity contribution in [2.45, 2.75) is 51.6 Å². The highest BCUT2D eigenvalue weighted by Gasteiger charge is 2.26. The highest BCUT2D eigenvalue weighted by Crippen LogP contribution is 2.09. The molecule has 2 N–H and O–H groups in total. The molecule has 0 aromatic carbocycles. The van der Waals surface area contributed by atoms with Crippen LogP contribution < -0.4 is 5.32 Å². The summed E-state index contributed by atoms with van der Waals surface area (Å²) in [6.45, 7) is 5.28. The molecule has 0 bridgehead atoms. The predicted molar refractivity (Wildman–Crippen MR) is 64.7 cm³/mol. The molecule has 5 heteroatoms. The summed E-state index contributed by atoms with van der Waals surface area (Å²) >= 11 is 0. The topological polar surface area (TPSA) is 69.6 Å². The number of likely N-dealkylation sites (tertiary alicyclic amines) is 1. The number of nitrogens with one attached hydrogen (secondary N) is 1. The van der Waals surface area contributed by atoms with Crippen molar-refractivity contribution in [3.05, 3.63) is 0 Å². The Kier molecular flexibility index (Phi) is 5.41. The number of rotatable bonds is 6. The van der Waals surface area contributed by atoms with Crippen LogP contribution in [0.5, 0.6) is 0 Å². The van der Waals surface area contributed by atoms with Crippen LogP contribution in [0.25, 0.3) is 0 Å². The van der Waals surface area contributed by atoms with Crippen LogP contribution in [0.4, 0.5) is 0 Å². The molecule has 0 spiro atoms. The number of carboxylic acid groups (broad SMARTS) is 1. The molecule has 0 saturated carbocycles. The van der Waals surface area contributed by atoms with E-state index in [0.717, 1.165) is 32.4 Å². The summed E-state index contributed by atoms with van der Waals surface area (Å²) in [4.78, 5) is 24.8. The number of hydrogen-bond acceptors (Lipinski definition) is 3. The lowest BCUT2D eigenvalue weighted by molar-refractivity contribution is -0.140. The van der Waals surface area contributed by atoms with Gasteiger partial charge in [0.2, 0.25) is 5.91 Å². The normalized spacial score (nSPS) is 19.1. The maximum absolute atomic E-state index is 12.0. The number of nitrogens with zero attached hydrogens (tertiary/aromatic N) is 1. The Balaban J connectivity index is 2.47. The van der Waals surface area contributed by atoms with Gasteiger partial charge in [-0.2, -0.15) is 0 Å². The van der Waals surface area contributed by atoms with Gasteiger partial charge in [-0.3, -0.25) is 14.9 Å². The van der Waals surface area contributed by atoms with Crippen molar-refractivity contribution in [3.63, 3.8) is 0 Å². The van der Waals surface area contributed by atoms with Gasteiger partial charge in [-0.1, -0.05) is 13.3 Å². The Morgan fingerprint density at radius 3 is 2.41 bits per heavy atom. The SMILES string of the molecule is CCCC(NC(C)C(=O)N1CCCC1)C(=O)O. The van der Waals surface area contributed by atoms with Gasteiger partial charge in [0.25, 0.3) is 0 Å². The lowest BCUT2D eigenvalue weighted by Crippen LogP contribution is -2.50. The zero-order valence-corrected chi connectivity index (χ0v) is 10.6. The van der Waals surface area contributed by atoms with Crippen molar-refractivity contribution in [1.29, 1.82) is 0 Å². The van der Waals surface area contributed by atoms with E-state index >= 15 is 0 Å². The fourth-order valence-corrected chi connectivity index (χ4v) is 2.15. The number of hydrogen-bond donors (Lipinski definition) is 2. The van der Waals surface area contributed by atoms with Crippen LogP contribution in [-0.4, -0.2) is 47.1 Å². The number of carboxylic acids is 1. The molecule has 1 rings (SSSR count). The van der Waals surface area contributed by atoms with Crippen molar-refractivity contribution in [2.75, 3.05) is 13.1 Å². The molecule has 0 aromatic heterocycles. The van der Waals surface area contributed by atoms with Crippen LogP contribution in [0, 0.1) is 0 Å². The van der Waals surface area contributed by atoms with E-state index in [1.807, 2.05) is 11.8 Å². The number of carbonyl (C=O) groups is 2. The highest BCUT2D eigenvalue weighted by molar-refractivity contribution is 5.83. The molecule has 1 amide bonds. The molecule has 1 saturated heterocycles. The van der Waals surface area contributed by atoms with Crippen LogP contribution in [0.3, 0.4) is 0 Å². The molecule has 1 aliphatic heterocycles. The minimum absolute atomic E-state index is 0.0184. The van der Waals surface area contributed by atoms with Gasteiger partial charge in [0.1, 0.15) is 6.04 Å². The second-order valence-corrected chi connectivity index (χ2v) is 4.60. The second kappa shape index (κ2) is 6.59. The first-order chi connectivity index (χ1) is 8.06. The van der Waals surface area contributed by atoms with E-state index in [0.29, 0.717) is 6.42 Å².